The summed E-state index contributed by atoms with van der Waals surface area (Å²) in [6, 6.07) is 0. The molecule has 1 aromatic heterocycles. The molecule has 0 aliphatic carbocycles. The Labute approximate surface area is 113 Å². The van der Waals surface area contributed by atoms with Crippen molar-refractivity contribution in [2.75, 3.05) is 11.5 Å². The second-order valence-corrected chi connectivity index (χ2v) is 7.99. The Morgan fingerprint density at radius 2 is 2.18 bits per heavy atom. The average Bonchev–Trinajstić information content (AvgIpc) is 2.84. The topological polar surface area (TPSA) is 28.7 Å². The summed E-state index contributed by atoms with van der Waals surface area (Å²) < 4.78 is 0.452. The lowest BCUT2D eigenvalue weighted by Gasteiger charge is -2.38. The van der Waals surface area contributed by atoms with Crippen LogP contribution in [0.3, 0.4) is 0 Å². The number of aromatic nitrogens is 2. The predicted molar refractivity (Wildman–Crippen MR) is 78.6 cm³/mol. The van der Waals surface area contributed by atoms with Crippen molar-refractivity contribution < 1.29 is 0 Å². The molecule has 1 aromatic rings. The van der Waals surface area contributed by atoms with Gasteiger partial charge in [-0.25, -0.2) is 4.98 Å². The molecule has 0 amide bonds. The molecular weight excluding hydrogens is 248 g/mol. The molecule has 0 unspecified atom stereocenters. The van der Waals surface area contributed by atoms with E-state index in [9.17, 15) is 0 Å². The third kappa shape index (κ3) is 3.68. The lowest BCUT2D eigenvalue weighted by atomic mass is 10.1. The van der Waals surface area contributed by atoms with Crippen LogP contribution >= 0.6 is 23.5 Å². The minimum Gasteiger partial charge on any atom is -0.349 e. The Morgan fingerprint density at radius 3 is 2.76 bits per heavy atom. The lowest BCUT2D eigenvalue weighted by Crippen LogP contribution is -2.29. The fraction of sp³-hybridized carbons (Fsp3) is 0.769. The fourth-order valence-electron chi connectivity index (χ4n) is 2.22. The van der Waals surface area contributed by atoms with Gasteiger partial charge in [-0.05, 0) is 30.3 Å². The second kappa shape index (κ2) is 6.19. The van der Waals surface area contributed by atoms with E-state index < -0.39 is 0 Å². The first-order chi connectivity index (χ1) is 8.24. The van der Waals surface area contributed by atoms with Crippen molar-refractivity contribution in [3.63, 3.8) is 0 Å². The molecule has 17 heavy (non-hydrogen) atoms. The number of H-pyrrole nitrogens is 1. The highest BCUT2D eigenvalue weighted by Gasteiger charge is 2.34. The number of hydrogen-bond donors (Lipinski definition) is 1. The molecule has 1 aliphatic rings. The van der Waals surface area contributed by atoms with Crippen molar-refractivity contribution in [2.45, 2.75) is 43.6 Å². The van der Waals surface area contributed by atoms with Gasteiger partial charge in [-0.15, -0.1) is 23.5 Å². The zero-order valence-electron chi connectivity index (χ0n) is 10.7. The first-order valence-corrected chi connectivity index (χ1v) is 8.47. The largest absolute Gasteiger partial charge is 0.349 e. The summed E-state index contributed by atoms with van der Waals surface area (Å²) in [5, 5.41) is 0. The highest BCUT2D eigenvalue weighted by molar-refractivity contribution is 8.18. The molecule has 1 N–H and O–H groups in total. The average molecular weight is 270 g/mol. The number of imidazole rings is 1. The van der Waals surface area contributed by atoms with Gasteiger partial charge in [0, 0.05) is 18.8 Å². The van der Waals surface area contributed by atoms with Gasteiger partial charge < -0.3 is 4.98 Å². The van der Waals surface area contributed by atoms with E-state index in [1.807, 2.05) is 12.4 Å². The van der Waals surface area contributed by atoms with E-state index >= 15 is 0 Å². The van der Waals surface area contributed by atoms with Crippen LogP contribution in [0.2, 0.25) is 0 Å². The maximum atomic E-state index is 4.33. The molecule has 1 fully saturated rings. The molecular formula is C13H22N2S2. The van der Waals surface area contributed by atoms with Gasteiger partial charge in [-0.3, -0.25) is 0 Å². The van der Waals surface area contributed by atoms with E-state index in [0.29, 0.717) is 4.08 Å². The SMILES string of the molecule is CCCC1(CCc2ncc[nH]2)SCC(C)CS1. The molecule has 0 saturated carbocycles. The Bertz CT molecular complexity index is 316. The Morgan fingerprint density at radius 1 is 1.41 bits per heavy atom. The van der Waals surface area contributed by atoms with E-state index in [2.05, 4.69) is 47.3 Å². The van der Waals surface area contributed by atoms with Crippen LogP contribution in [0, 0.1) is 5.92 Å². The maximum absolute atomic E-state index is 4.33. The third-order valence-corrected chi connectivity index (χ3v) is 7.24. The third-order valence-electron chi connectivity index (χ3n) is 3.19. The molecule has 0 spiro atoms. The van der Waals surface area contributed by atoms with Crippen LogP contribution in [0.4, 0.5) is 0 Å². The van der Waals surface area contributed by atoms with E-state index in [0.717, 1.165) is 18.2 Å². The van der Waals surface area contributed by atoms with Gasteiger partial charge in [-0.2, -0.15) is 0 Å². The molecule has 96 valence electrons. The van der Waals surface area contributed by atoms with Crippen molar-refractivity contribution in [3.05, 3.63) is 18.2 Å². The fourth-order valence-corrected chi connectivity index (χ4v) is 5.71. The minimum absolute atomic E-state index is 0.452. The van der Waals surface area contributed by atoms with Crippen molar-refractivity contribution in [3.8, 4) is 0 Å². The monoisotopic (exact) mass is 270 g/mol. The first kappa shape index (κ1) is 13.3. The number of nitrogens with zero attached hydrogens (tertiary/aromatic N) is 1. The van der Waals surface area contributed by atoms with Crippen molar-refractivity contribution >= 4 is 23.5 Å². The molecule has 2 nitrogen and oxygen atoms in total. The van der Waals surface area contributed by atoms with Gasteiger partial charge in [0.1, 0.15) is 5.82 Å². The number of aromatic amines is 1. The predicted octanol–water partition coefficient (Wildman–Crippen LogP) is 3.95. The van der Waals surface area contributed by atoms with E-state index in [1.54, 1.807) is 0 Å². The molecule has 0 bridgehead atoms. The van der Waals surface area contributed by atoms with Crippen LogP contribution < -0.4 is 0 Å². The van der Waals surface area contributed by atoms with Gasteiger partial charge in [0.05, 0.1) is 4.08 Å². The molecule has 0 aromatic carbocycles. The first-order valence-electron chi connectivity index (χ1n) is 6.50. The molecule has 2 rings (SSSR count). The van der Waals surface area contributed by atoms with Crippen LogP contribution in [0.15, 0.2) is 12.4 Å². The molecule has 0 radical (unpaired) electrons. The van der Waals surface area contributed by atoms with Crippen molar-refractivity contribution in [1.29, 1.82) is 0 Å². The Balaban J connectivity index is 1.92. The Kier molecular flexibility index (Phi) is 4.86. The van der Waals surface area contributed by atoms with Crippen molar-refractivity contribution in [2.24, 2.45) is 5.92 Å². The van der Waals surface area contributed by atoms with Crippen LogP contribution in [-0.2, 0) is 6.42 Å². The normalized spacial score (nSPS) is 29.4. The molecule has 1 saturated heterocycles. The van der Waals surface area contributed by atoms with Crippen LogP contribution in [-0.4, -0.2) is 25.6 Å². The van der Waals surface area contributed by atoms with Gasteiger partial charge in [0.25, 0.3) is 0 Å². The molecule has 0 atom stereocenters. The summed E-state index contributed by atoms with van der Waals surface area (Å²) in [6.45, 7) is 4.66. The summed E-state index contributed by atoms with van der Waals surface area (Å²) in [5.41, 5.74) is 0. The second-order valence-electron chi connectivity index (χ2n) is 4.92. The molecule has 1 aliphatic heterocycles. The van der Waals surface area contributed by atoms with Crippen LogP contribution in [0.5, 0.6) is 0 Å². The minimum atomic E-state index is 0.452. The highest BCUT2D eigenvalue weighted by Crippen LogP contribution is 2.49. The van der Waals surface area contributed by atoms with Gasteiger partial charge >= 0.3 is 0 Å². The number of nitrogens with one attached hydrogen (secondary N) is 1. The van der Waals surface area contributed by atoms with E-state index in [4.69, 9.17) is 0 Å². The maximum Gasteiger partial charge on any atom is 0.106 e. The summed E-state index contributed by atoms with van der Waals surface area (Å²) in [4.78, 5) is 7.55. The quantitative estimate of drug-likeness (QED) is 0.878. The number of aryl methyl sites for hydroxylation is 1. The zero-order valence-corrected chi connectivity index (χ0v) is 12.4. The number of rotatable bonds is 5. The van der Waals surface area contributed by atoms with E-state index in [-0.39, 0.29) is 0 Å². The number of hydrogen-bond acceptors (Lipinski definition) is 3. The summed E-state index contributed by atoms with van der Waals surface area (Å²) in [7, 11) is 0. The lowest BCUT2D eigenvalue weighted by molar-refractivity contribution is 0.616. The van der Waals surface area contributed by atoms with Crippen molar-refractivity contribution in [1.82, 2.24) is 9.97 Å². The highest BCUT2D eigenvalue weighted by atomic mass is 32.2. The Hall–Kier alpha value is -0.0900. The smallest absolute Gasteiger partial charge is 0.106 e. The zero-order chi connectivity index (χ0) is 12.1. The van der Waals surface area contributed by atoms with Crippen LogP contribution in [0.25, 0.3) is 0 Å². The van der Waals surface area contributed by atoms with E-state index in [1.165, 1.54) is 30.8 Å². The molecule has 2 heterocycles. The summed E-state index contributed by atoms with van der Waals surface area (Å²) in [6.07, 6.45) is 8.72. The van der Waals surface area contributed by atoms with Gasteiger partial charge in [-0.1, -0.05) is 20.3 Å². The van der Waals surface area contributed by atoms with Crippen LogP contribution in [0.1, 0.15) is 38.9 Å². The van der Waals surface area contributed by atoms with Gasteiger partial charge in [0.15, 0.2) is 0 Å². The van der Waals surface area contributed by atoms with Gasteiger partial charge in [0.2, 0.25) is 0 Å². The molecule has 4 heteroatoms. The standard InChI is InChI=1S/C13H22N2S2/c1-3-5-13(16-9-11(2)10-17-13)6-4-12-14-7-8-15-12/h7-8,11H,3-6,9-10H2,1-2H3,(H,14,15). The summed E-state index contributed by atoms with van der Waals surface area (Å²) in [5.74, 6) is 4.66. The summed E-state index contributed by atoms with van der Waals surface area (Å²) >= 11 is 4.37. The number of thioether (sulfide) groups is 2.